The summed E-state index contributed by atoms with van der Waals surface area (Å²) >= 11 is 0. The Labute approximate surface area is 90.8 Å². The van der Waals surface area contributed by atoms with Crippen molar-refractivity contribution in [2.45, 2.75) is 44.2 Å². The molecule has 2 aliphatic rings. The Morgan fingerprint density at radius 2 is 2.00 bits per heavy atom. The minimum absolute atomic E-state index is 0.109. The molecule has 1 saturated carbocycles. The molecule has 4 nitrogen and oxygen atoms in total. The minimum Gasteiger partial charge on any atom is -0.379 e. The van der Waals surface area contributed by atoms with Crippen LogP contribution < -0.4 is 10.6 Å². The van der Waals surface area contributed by atoms with Crippen molar-refractivity contribution in [1.29, 1.82) is 0 Å². The van der Waals surface area contributed by atoms with Crippen LogP contribution in [0.3, 0.4) is 0 Å². The van der Waals surface area contributed by atoms with Crippen LogP contribution in [0.15, 0.2) is 0 Å². The van der Waals surface area contributed by atoms with Gasteiger partial charge in [-0.05, 0) is 19.3 Å². The average molecular weight is 212 g/mol. The molecule has 0 aromatic carbocycles. The molecule has 0 bridgehead atoms. The Morgan fingerprint density at radius 3 is 2.67 bits per heavy atom. The molecule has 0 aromatic heterocycles. The summed E-state index contributed by atoms with van der Waals surface area (Å²) in [6.07, 6.45) is 6.00. The van der Waals surface area contributed by atoms with Crippen LogP contribution in [0.5, 0.6) is 0 Å². The summed E-state index contributed by atoms with van der Waals surface area (Å²) in [6, 6.07) is 0.804. The van der Waals surface area contributed by atoms with Gasteiger partial charge in [-0.25, -0.2) is 0 Å². The highest BCUT2D eigenvalue weighted by Gasteiger charge is 2.19. The predicted molar refractivity (Wildman–Crippen MR) is 57.6 cm³/mol. The van der Waals surface area contributed by atoms with Crippen molar-refractivity contribution in [2.75, 3.05) is 19.8 Å². The molecule has 2 N–H and O–H groups in total. The van der Waals surface area contributed by atoms with Crippen molar-refractivity contribution in [2.24, 2.45) is 0 Å². The van der Waals surface area contributed by atoms with E-state index in [2.05, 4.69) is 10.6 Å². The number of ether oxygens (including phenoxy) is 1. The second-order valence-corrected chi connectivity index (χ2v) is 4.49. The van der Waals surface area contributed by atoms with E-state index in [-0.39, 0.29) is 11.9 Å². The molecule has 4 heteroatoms. The third-order valence-electron chi connectivity index (χ3n) is 3.20. The van der Waals surface area contributed by atoms with Gasteiger partial charge in [0, 0.05) is 12.6 Å². The van der Waals surface area contributed by atoms with E-state index in [1.807, 2.05) is 0 Å². The monoisotopic (exact) mass is 212 g/mol. The maximum atomic E-state index is 11.5. The molecule has 1 amide bonds. The first kappa shape index (κ1) is 10.9. The van der Waals surface area contributed by atoms with Gasteiger partial charge < -0.3 is 15.4 Å². The highest BCUT2D eigenvalue weighted by atomic mass is 16.5. The van der Waals surface area contributed by atoms with E-state index < -0.39 is 0 Å². The van der Waals surface area contributed by atoms with Crippen molar-refractivity contribution in [1.82, 2.24) is 10.6 Å². The molecule has 1 saturated heterocycles. The zero-order chi connectivity index (χ0) is 10.5. The molecule has 86 valence electrons. The third kappa shape index (κ3) is 3.47. The quantitative estimate of drug-likeness (QED) is 0.710. The molecular weight excluding hydrogens is 192 g/mol. The van der Waals surface area contributed by atoms with Crippen LogP contribution in [0.1, 0.15) is 32.1 Å². The first-order valence-corrected chi connectivity index (χ1v) is 5.95. The summed E-state index contributed by atoms with van der Waals surface area (Å²) in [5.41, 5.74) is 0. The van der Waals surface area contributed by atoms with Gasteiger partial charge in [0.15, 0.2) is 0 Å². The van der Waals surface area contributed by atoms with Gasteiger partial charge in [0.1, 0.15) is 0 Å². The number of nitrogens with one attached hydrogen (secondary N) is 2. The molecule has 1 aliphatic carbocycles. The predicted octanol–water partition coefficient (Wildman–Crippen LogP) is 0.424. The lowest BCUT2D eigenvalue weighted by Crippen LogP contribution is -2.42. The summed E-state index contributed by atoms with van der Waals surface area (Å²) in [5, 5.41) is 6.28. The zero-order valence-electron chi connectivity index (χ0n) is 9.13. The summed E-state index contributed by atoms with van der Waals surface area (Å²) < 4.78 is 5.20. The second kappa shape index (κ2) is 5.47. The van der Waals surface area contributed by atoms with Crippen molar-refractivity contribution < 1.29 is 9.53 Å². The lowest BCUT2D eigenvalue weighted by Gasteiger charge is -2.14. The van der Waals surface area contributed by atoms with E-state index in [0.29, 0.717) is 19.2 Å². The number of hydrogen-bond acceptors (Lipinski definition) is 3. The van der Waals surface area contributed by atoms with E-state index in [0.717, 1.165) is 13.0 Å². The molecule has 0 radical (unpaired) electrons. The van der Waals surface area contributed by atoms with Gasteiger partial charge in [-0.15, -0.1) is 0 Å². The van der Waals surface area contributed by atoms with Gasteiger partial charge >= 0.3 is 0 Å². The molecule has 2 fully saturated rings. The fraction of sp³-hybridized carbons (Fsp3) is 0.909. The van der Waals surface area contributed by atoms with Crippen molar-refractivity contribution in [3.8, 4) is 0 Å². The molecule has 15 heavy (non-hydrogen) atoms. The number of hydrogen-bond donors (Lipinski definition) is 2. The summed E-state index contributed by atoms with van der Waals surface area (Å²) in [7, 11) is 0. The van der Waals surface area contributed by atoms with Crippen LogP contribution in [0, 0.1) is 0 Å². The zero-order valence-corrected chi connectivity index (χ0v) is 9.13. The van der Waals surface area contributed by atoms with Gasteiger partial charge in [0.05, 0.1) is 19.2 Å². The fourth-order valence-corrected chi connectivity index (χ4v) is 2.29. The average Bonchev–Trinajstić information content (AvgIpc) is 2.86. The standard InChI is InChI=1S/C11H20N2O2/c14-11(13-10-5-6-15-8-10)7-12-9-3-1-2-4-9/h9-10,12H,1-8H2,(H,13,14). The number of carbonyl (C=O) groups is 1. The lowest BCUT2D eigenvalue weighted by molar-refractivity contribution is -0.121. The molecular formula is C11H20N2O2. The molecule has 1 unspecified atom stereocenters. The van der Waals surface area contributed by atoms with Crippen molar-refractivity contribution in [3.05, 3.63) is 0 Å². The topological polar surface area (TPSA) is 50.4 Å². The Balaban J connectivity index is 1.59. The van der Waals surface area contributed by atoms with E-state index in [9.17, 15) is 4.79 Å². The van der Waals surface area contributed by atoms with E-state index in [1.54, 1.807) is 0 Å². The fourth-order valence-electron chi connectivity index (χ4n) is 2.29. The van der Waals surface area contributed by atoms with Crippen LogP contribution in [-0.2, 0) is 9.53 Å². The summed E-state index contributed by atoms with van der Waals surface area (Å²) in [6.45, 7) is 1.91. The van der Waals surface area contributed by atoms with Gasteiger partial charge in [-0.2, -0.15) is 0 Å². The van der Waals surface area contributed by atoms with E-state index >= 15 is 0 Å². The Morgan fingerprint density at radius 1 is 1.20 bits per heavy atom. The van der Waals surface area contributed by atoms with Gasteiger partial charge in [0.2, 0.25) is 5.91 Å². The SMILES string of the molecule is O=C(CNC1CCCC1)NC1CCOC1. The first-order chi connectivity index (χ1) is 7.34. The van der Waals surface area contributed by atoms with Crippen LogP contribution in [0.2, 0.25) is 0 Å². The molecule has 0 spiro atoms. The second-order valence-electron chi connectivity index (χ2n) is 4.49. The summed E-state index contributed by atoms with van der Waals surface area (Å²) in [4.78, 5) is 11.5. The highest BCUT2D eigenvalue weighted by molar-refractivity contribution is 5.78. The lowest BCUT2D eigenvalue weighted by atomic mass is 10.2. The minimum atomic E-state index is 0.109. The van der Waals surface area contributed by atoms with Gasteiger partial charge in [0.25, 0.3) is 0 Å². The molecule has 2 rings (SSSR count). The third-order valence-corrected chi connectivity index (χ3v) is 3.20. The normalized spacial score (nSPS) is 27.1. The molecule has 0 aromatic rings. The van der Waals surface area contributed by atoms with Crippen LogP contribution in [-0.4, -0.2) is 37.7 Å². The summed E-state index contributed by atoms with van der Waals surface area (Å²) in [5.74, 6) is 0.109. The van der Waals surface area contributed by atoms with Crippen molar-refractivity contribution >= 4 is 5.91 Å². The first-order valence-electron chi connectivity index (χ1n) is 5.95. The largest absolute Gasteiger partial charge is 0.379 e. The van der Waals surface area contributed by atoms with Gasteiger partial charge in [-0.1, -0.05) is 12.8 Å². The number of carbonyl (C=O) groups excluding carboxylic acids is 1. The Kier molecular flexibility index (Phi) is 3.97. The maximum absolute atomic E-state index is 11.5. The van der Waals surface area contributed by atoms with Crippen LogP contribution >= 0.6 is 0 Å². The van der Waals surface area contributed by atoms with E-state index in [4.69, 9.17) is 4.74 Å². The highest BCUT2D eigenvalue weighted by Crippen LogP contribution is 2.17. The molecule has 1 heterocycles. The maximum Gasteiger partial charge on any atom is 0.234 e. The van der Waals surface area contributed by atoms with E-state index in [1.165, 1.54) is 25.7 Å². The van der Waals surface area contributed by atoms with Crippen LogP contribution in [0.4, 0.5) is 0 Å². The van der Waals surface area contributed by atoms with Crippen LogP contribution in [0.25, 0.3) is 0 Å². The Bertz CT molecular complexity index is 209. The van der Waals surface area contributed by atoms with Crippen molar-refractivity contribution in [3.63, 3.8) is 0 Å². The molecule has 1 aliphatic heterocycles. The smallest absolute Gasteiger partial charge is 0.234 e. The Hall–Kier alpha value is -0.610. The number of amides is 1. The molecule has 1 atom stereocenters. The number of rotatable bonds is 4. The van der Waals surface area contributed by atoms with Gasteiger partial charge in [-0.3, -0.25) is 4.79 Å².